The van der Waals surface area contributed by atoms with Crippen LogP contribution in [0.15, 0.2) is 22.8 Å². The van der Waals surface area contributed by atoms with Crippen molar-refractivity contribution in [3.05, 3.63) is 41.0 Å². The molecule has 10 nitrogen and oxygen atoms in total. The van der Waals surface area contributed by atoms with Crippen LogP contribution in [0.2, 0.25) is 0 Å². The molecule has 1 saturated carbocycles. The van der Waals surface area contributed by atoms with Gasteiger partial charge in [0, 0.05) is 32.1 Å². The van der Waals surface area contributed by atoms with Gasteiger partial charge in [0.15, 0.2) is 5.69 Å². The van der Waals surface area contributed by atoms with Gasteiger partial charge in [-0.1, -0.05) is 44.8 Å². The van der Waals surface area contributed by atoms with Crippen LogP contribution in [0.4, 0.5) is 10.1 Å². The van der Waals surface area contributed by atoms with Crippen LogP contribution < -0.4 is 10.6 Å². The fourth-order valence-corrected chi connectivity index (χ4v) is 5.77. The lowest BCUT2D eigenvalue weighted by Gasteiger charge is -2.38. The minimum atomic E-state index is -0.863. The number of hydrogen-bond donors (Lipinski definition) is 2. The van der Waals surface area contributed by atoms with Gasteiger partial charge in [-0.15, -0.1) is 0 Å². The summed E-state index contributed by atoms with van der Waals surface area (Å²) < 4.78 is 20.0. The Morgan fingerprint density at radius 1 is 1.12 bits per heavy atom. The highest BCUT2D eigenvalue weighted by Crippen LogP contribution is 2.32. The number of amides is 3. The molecule has 0 spiro atoms. The van der Waals surface area contributed by atoms with Crippen LogP contribution in [-0.2, 0) is 16.0 Å². The Kier molecular flexibility index (Phi) is 10.1. The average molecular weight is 571 g/mol. The number of nitrogens with one attached hydrogen (secondary N) is 2. The van der Waals surface area contributed by atoms with Crippen molar-refractivity contribution in [3.63, 3.8) is 0 Å². The molecule has 3 atom stereocenters. The van der Waals surface area contributed by atoms with E-state index >= 15 is 4.39 Å². The predicted octanol–water partition coefficient (Wildman–Crippen LogP) is 3.99. The van der Waals surface area contributed by atoms with Crippen molar-refractivity contribution in [1.29, 1.82) is 0 Å². The van der Waals surface area contributed by atoms with Crippen LogP contribution in [0.5, 0.6) is 0 Å². The molecule has 1 saturated heterocycles. The monoisotopic (exact) mass is 570 g/mol. The summed E-state index contributed by atoms with van der Waals surface area (Å²) in [4.78, 5) is 43.5. The zero-order valence-electron chi connectivity index (χ0n) is 24.8. The first kappa shape index (κ1) is 30.6. The second-order valence-corrected chi connectivity index (χ2v) is 11.9. The molecule has 0 radical (unpaired) electrons. The lowest BCUT2D eigenvalue weighted by atomic mass is 9.79. The van der Waals surface area contributed by atoms with Crippen molar-refractivity contribution in [2.45, 2.75) is 84.2 Å². The molecule has 1 aromatic carbocycles. The van der Waals surface area contributed by atoms with Crippen LogP contribution in [0.3, 0.4) is 0 Å². The van der Waals surface area contributed by atoms with E-state index < -0.39 is 23.7 Å². The molecular formula is C30H43FN6O4. The number of hydrogen-bond acceptors (Lipinski definition) is 7. The number of carbonyl (C=O) groups excluding carboxylic acids is 3. The summed E-state index contributed by atoms with van der Waals surface area (Å²) >= 11 is 0. The van der Waals surface area contributed by atoms with Gasteiger partial charge in [-0.25, -0.2) is 9.02 Å². The molecular weight excluding hydrogens is 527 g/mol. The van der Waals surface area contributed by atoms with E-state index in [4.69, 9.17) is 4.63 Å². The van der Waals surface area contributed by atoms with Gasteiger partial charge in [0.1, 0.15) is 17.6 Å². The van der Waals surface area contributed by atoms with Crippen LogP contribution in [0.1, 0.15) is 87.5 Å². The van der Waals surface area contributed by atoms with Gasteiger partial charge in [0.2, 0.25) is 11.8 Å². The molecule has 1 aromatic heterocycles. The van der Waals surface area contributed by atoms with E-state index in [1.54, 1.807) is 6.07 Å². The van der Waals surface area contributed by atoms with Gasteiger partial charge in [-0.2, -0.15) is 0 Å². The topological polar surface area (TPSA) is 121 Å². The van der Waals surface area contributed by atoms with Crippen LogP contribution in [-0.4, -0.2) is 76.6 Å². The van der Waals surface area contributed by atoms with E-state index in [2.05, 4.69) is 46.7 Å². The smallest absolute Gasteiger partial charge is 0.276 e. The molecule has 224 valence electrons. The fraction of sp³-hybridized carbons (Fsp3) is 0.633. The first-order valence-corrected chi connectivity index (χ1v) is 14.8. The summed E-state index contributed by atoms with van der Waals surface area (Å²) in [5.74, 6) is -1.26. The van der Waals surface area contributed by atoms with E-state index in [1.165, 1.54) is 12.1 Å². The normalized spacial score (nSPS) is 23.1. The van der Waals surface area contributed by atoms with E-state index in [0.717, 1.165) is 32.2 Å². The lowest BCUT2D eigenvalue weighted by Crippen LogP contribution is -2.52. The molecule has 1 aliphatic heterocycles. The van der Waals surface area contributed by atoms with Gasteiger partial charge >= 0.3 is 0 Å². The quantitative estimate of drug-likeness (QED) is 0.468. The average Bonchev–Trinajstić information content (AvgIpc) is 3.44. The zero-order chi connectivity index (χ0) is 29.7. The molecule has 2 fully saturated rings. The molecule has 0 bridgehead atoms. The Balaban J connectivity index is 1.43. The highest BCUT2D eigenvalue weighted by molar-refractivity contribution is 6.01. The van der Waals surface area contributed by atoms with E-state index in [-0.39, 0.29) is 35.5 Å². The highest BCUT2D eigenvalue weighted by Gasteiger charge is 2.34. The van der Waals surface area contributed by atoms with Gasteiger partial charge in [-0.05, 0) is 73.8 Å². The number of benzene rings is 1. The Morgan fingerprint density at radius 3 is 2.51 bits per heavy atom. The summed E-state index contributed by atoms with van der Waals surface area (Å²) in [5, 5.41) is 13.0. The molecule has 0 unspecified atom stereocenters. The zero-order valence-corrected chi connectivity index (χ0v) is 24.8. The summed E-state index contributed by atoms with van der Waals surface area (Å²) in [6, 6.07) is 4.09. The van der Waals surface area contributed by atoms with Gasteiger partial charge in [-0.3, -0.25) is 14.4 Å². The minimum absolute atomic E-state index is 0.0333. The van der Waals surface area contributed by atoms with E-state index in [1.807, 2.05) is 18.7 Å². The molecule has 1 aliphatic carbocycles. The molecule has 3 amide bonds. The van der Waals surface area contributed by atoms with Crippen molar-refractivity contribution in [2.24, 2.45) is 11.8 Å². The molecule has 2 aliphatic rings. The number of anilines is 1. The van der Waals surface area contributed by atoms with Crippen LogP contribution in [0.25, 0.3) is 0 Å². The van der Waals surface area contributed by atoms with Crippen LogP contribution in [0, 0.1) is 17.7 Å². The van der Waals surface area contributed by atoms with Crippen molar-refractivity contribution < 1.29 is 23.4 Å². The Bertz CT molecular complexity index is 1230. The predicted molar refractivity (Wildman–Crippen MR) is 153 cm³/mol. The van der Waals surface area contributed by atoms with Gasteiger partial charge in [0.05, 0.1) is 5.69 Å². The van der Waals surface area contributed by atoms with Crippen molar-refractivity contribution >= 4 is 23.4 Å². The second kappa shape index (κ2) is 13.5. The summed E-state index contributed by atoms with van der Waals surface area (Å²) in [6.45, 7) is 10.2. The first-order valence-electron chi connectivity index (χ1n) is 14.8. The number of rotatable bonds is 9. The molecule has 4 rings (SSSR count). The Hall–Kier alpha value is -3.34. The first-order chi connectivity index (χ1) is 19.6. The highest BCUT2D eigenvalue weighted by atomic mass is 19.1. The molecule has 11 heteroatoms. The number of likely N-dealkylation sites (N-methyl/N-ethyl adjacent to an activating group) is 1. The third-order valence-electron chi connectivity index (χ3n) is 8.82. The number of carbonyl (C=O) groups is 3. The van der Waals surface area contributed by atoms with E-state index in [0.29, 0.717) is 42.7 Å². The van der Waals surface area contributed by atoms with Crippen molar-refractivity contribution in [3.8, 4) is 0 Å². The molecule has 41 heavy (non-hydrogen) atoms. The number of halogens is 1. The standard InChI is InChI=1S/C30H43FN6O4/c1-6-24-28(35-41-34-24)30(40)33-27(21-9-7-18(2)8-10-21)29(39)32-25-12-11-22(16-23(25)31)19(3)15-26(38)37-14-13-36(5)20(4)17-37/h11-12,16,18-21,27H,6-10,13-15,17H2,1-5H3,(H,32,39)(H,33,40)/t18-,19-,20-,21-,27+/m1/s1. The number of nitrogens with zero attached hydrogens (tertiary/aromatic N) is 4. The second-order valence-electron chi connectivity index (χ2n) is 11.9. The maximum absolute atomic E-state index is 15.3. The van der Waals surface area contributed by atoms with Gasteiger partial charge in [0.25, 0.3) is 5.91 Å². The van der Waals surface area contributed by atoms with Gasteiger partial charge < -0.3 is 20.4 Å². The Labute approximate surface area is 241 Å². The number of aromatic nitrogens is 2. The largest absolute Gasteiger partial charge is 0.340 e. The lowest BCUT2D eigenvalue weighted by molar-refractivity contribution is -0.134. The summed E-state index contributed by atoms with van der Waals surface area (Å²) in [6.07, 6.45) is 4.19. The molecule has 2 aromatic rings. The Morgan fingerprint density at radius 2 is 1.85 bits per heavy atom. The maximum atomic E-state index is 15.3. The summed E-state index contributed by atoms with van der Waals surface area (Å²) in [5.41, 5.74) is 1.19. The minimum Gasteiger partial charge on any atom is -0.340 e. The third kappa shape index (κ3) is 7.49. The maximum Gasteiger partial charge on any atom is 0.276 e. The SMILES string of the molecule is CCc1nonc1C(=O)N[C@H](C(=O)Nc1ccc([C@H](C)CC(=O)N2CCN(C)[C@H](C)C2)cc1F)[C@H]1CC[C@H](C)CC1. The van der Waals surface area contributed by atoms with E-state index in [9.17, 15) is 14.4 Å². The van der Waals surface area contributed by atoms with Crippen molar-refractivity contribution in [2.75, 3.05) is 32.0 Å². The third-order valence-corrected chi connectivity index (χ3v) is 8.82. The van der Waals surface area contributed by atoms with Crippen LogP contribution >= 0.6 is 0 Å². The fourth-order valence-electron chi connectivity index (χ4n) is 5.77. The molecule has 2 heterocycles. The van der Waals surface area contributed by atoms with Crippen molar-refractivity contribution in [1.82, 2.24) is 25.4 Å². The summed E-state index contributed by atoms with van der Waals surface area (Å²) in [7, 11) is 2.06. The molecule has 2 N–H and O–H groups in total. The number of aryl methyl sites for hydroxylation is 1. The number of piperazine rings is 1.